The summed E-state index contributed by atoms with van der Waals surface area (Å²) >= 11 is 5.94. The smallest absolute Gasteiger partial charge is 0.243 e. The zero-order chi connectivity index (χ0) is 16.4. The second-order valence-electron chi connectivity index (χ2n) is 5.35. The number of benzene rings is 1. The lowest BCUT2D eigenvalue weighted by Gasteiger charge is -2.18. The number of aromatic nitrogens is 2. The van der Waals surface area contributed by atoms with Crippen molar-refractivity contribution in [1.29, 1.82) is 0 Å². The third kappa shape index (κ3) is 3.46. The summed E-state index contributed by atoms with van der Waals surface area (Å²) in [5, 5.41) is 0.403. The lowest BCUT2D eigenvalue weighted by molar-refractivity contribution is 0.206. The van der Waals surface area contributed by atoms with Crippen molar-refractivity contribution in [2.45, 2.75) is 24.3 Å². The molecule has 1 fully saturated rings. The molecule has 122 valence electrons. The topological polar surface area (TPSA) is 72.4 Å². The average Bonchev–Trinajstić information content (AvgIpc) is 3.00. The first kappa shape index (κ1) is 16.2. The molecule has 0 saturated carbocycles. The molecule has 1 aromatic carbocycles. The van der Waals surface area contributed by atoms with Crippen molar-refractivity contribution in [1.82, 2.24) is 14.3 Å². The number of aryl methyl sites for hydroxylation is 1. The van der Waals surface area contributed by atoms with Gasteiger partial charge in [-0.25, -0.2) is 13.4 Å². The van der Waals surface area contributed by atoms with Gasteiger partial charge in [0.25, 0.3) is 0 Å². The maximum atomic E-state index is 12.8. The molecule has 3 rings (SSSR count). The summed E-state index contributed by atoms with van der Waals surface area (Å²) in [7, 11) is -3.58. The van der Waals surface area contributed by atoms with Gasteiger partial charge in [0.1, 0.15) is 6.10 Å². The molecule has 0 spiro atoms. The van der Waals surface area contributed by atoms with Crippen LogP contribution in [0.5, 0.6) is 5.88 Å². The van der Waals surface area contributed by atoms with E-state index in [9.17, 15) is 8.42 Å². The van der Waals surface area contributed by atoms with Gasteiger partial charge in [0.05, 0.1) is 17.6 Å². The zero-order valence-corrected chi connectivity index (χ0v) is 14.1. The van der Waals surface area contributed by atoms with Gasteiger partial charge < -0.3 is 4.74 Å². The fourth-order valence-corrected chi connectivity index (χ4v) is 4.49. The first-order valence-electron chi connectivity index (χ1n) is 7.16. The number of nitrogens with zero attached hydrogens (tertiary/aromatic N) is 3. The molecule has 8 heteroatoms. The minimum Gasteiger partial charge on any atom is -0.472 e. The molecule has 0 N–H and O–H groups in total. The summed E-state index contributed by atoms with van der Waals surface area (Å²) in [6, 6.07) is 4.88. The number of hydrogen-bond donors (Lipinski definition) is 0. The summed E-state index contributed by atoms with van der Waals surface area (Å²) in [5.41, 5.74) is 0.674. The van der Waals surface area contributed by atoms with Gasteiger partial charge in [-0.05, 0) is 31.0 Å². The van der Waals surface area contributed by atoms with E-state index in [-0.39, 0.29) is 17.5 Å². The predicted molar refractivity (Wildman–Crippen MR) is 86.0 cm³/mol. The van der Waals surface area contributed by atoms with Crippen LogP contribution < -0.4 is 4.74 Å². The summed E-state index contributed by atoms with van der Waals surface area (Å²) in [5.74, 6) is 0.399. The molecule has 1 aliphatic rings. The van der Waals surface area contributed by atoms with Crippen LogP contribution in [0.3, 0.4) is 0 Å². The highest BCUT2D eigenvalue weighted by Crippen LogP contribution is 2.27. The van der Waals surface area contributed by atoms with Gasteiger partial charge in [-0.1, -0.05) is 17.7 Å². The van der Waals surface area contributed by atoms with Gasteiger partial charge in [0.15, 0.2) is 0 Å². The highest BCUT2D eigenvalue weighted by atomic mass is 35.5. The maximum Gasteiger partial charge on any atom is 0.243 e. The van der Waals surface area contributed by atoms with Gasteiger partial charge in [0.2, 0.25) is 15.9 Å². The Bertz CT molecular complexity index is 799. The van der Waals surface area contributed by atoms with Crippen molar-refractivity contribution in [3.8, 4) is 5.88 Å². The molecule has 0 radical (unpaired) electrons. The Balaban J connectivity index is 1.76. The Hall–Kier alpha value is -1.70. The third-order valence-corrected chi connectivity index (χ3v) is 5.94. The first-order valence-corrected chi connectivity index (χ1v) is 8.97. The zero-order valence-electron chi connectivity index (χ0n) is 12.5. The quantitative estimate of drug-likeness (QED) is 0.843. The predicted octanol–water partition coefficient (Wildman–Crippen LogP) is 2.28. The molecule has 2 aromatic rings. The van der Waals surface area contributed by atoms with Crippen LogP contribution in [-0.4, -0.2) is 41.9 Å². The Morgan fingerprint density at radius 1 is 1.35 bits per heavy atom. The molecule has 0 amide bonds. The number of halogens is 1. The number of rotatable bonds is 4. The number of sulfonamides is 1. The largest absolute Gasteiger partial charge is 0.472 e. The van der Waals surface area contributed by atoms with E-state index < -0.39 is 10.0 Å². The monoisotopic (exact) mass is 353 g/mol. The summed E-state index contributed by atoms with van der Waals surface area (Å²) in [6.07, 6.45) is 4.98. The van der Waals surface area contributed by atoms with Crippen molar-refractivity contribution >= 4 is 21.6 Å². The van der Waals surface area contributed by atoms with E-state index in [0.717, 1.165) is 0 Å². The highest BCUT2D eigenvalue weighted by molar-refractivity contribution is 7.89. The molecule has 1 aliphatic heterocycles. The minimum atomic E-state index is -3.58. The van der Waals surface area contributed by atoms with Crippen molar-refractivity contribution < 1.29 is 13.2 Å². The molecule has 0 aliphatic carbocycles. The van der Waals surface area contributed by atoms with Crippen molar-refractivity contribution in [2.75, 3.05) is 13.1 Å². The first-order chi connectivity index (χ1) is 11.0. The Labute approximate surface area is 140 Å². The maximum absolute atomic E-state index is 12.8. The molecule has 1 aromatic heterocycles. The molecule has 1 atom stereocenters. The van der Waals surface area contributed by atoms with Gasteiger partial charge in [-0.3, -0.25) is 4.98 Å². The molecule has 6 nitrogen and oxygen atoms in total. The van der Waals surface area contributed by atoms with Gasteiger partial charge in [-0.15, -0.1) is 0 Å². The van der Waals surface area contributed by atoms with Gasteiger partial charge in [-0.2, -0.15) is 4.31 Å². The van der Waals surface area contributed by atoms with E-state index in [0.29, 0.717) is 29.4 Å². The molecule has 0 bridgehead atoms. The van der Waals surface area contributed by atoms with Gasteiger partial charge >= 0.3 is 0 Å². The molecule has 1 saturated heterocycles. The molecule has 23 heavy (non-hydrogen) atoms. The number of ether oxygens (including phenoxy) is 1. The van der Waals surface area contributed by atoms with E-state index in [1.807, 2.05) is 0 Å². The minimum absolute atomic E-state index is 0.235. The van der Waals surface area contributed by atoms with E-state index in [1.165, 1.54) is 22.8 Å². The SMILES string of the molecule is Cc1ccc(Cl)cc1S(=O)(=O)N1CCC(Oc2cnccn2)C1. The second-order valence-corrected chi connectivity index (χ2v) is 7.69. The number of hydrogen-bond acceptors (Lipinski definition) is 5. The van der Waals surface area contributed by atoms with Crippen LogP contribution in [0.25, 0.3) is 0 Å². The van der Waals surface area contributed by atoms with E-state index in [4.69, 9.17) is 16.3 Å². The van der Waals surface area contributed by atoms with Gasteiger partial charge in [0, 0.05) is 24.0 Å². The van der Waals surface area contributed by atoms with Crippen LogP contribution in [0.15, 0.2) is 41.7 Å². The Morgan fingerprint density at radius 2 is 2.17 bits per heavy atom. The standard InChI is InChI=1S/C15H16ClN3O3S/c1-11-2-3-12(16)8-14(11)23(20,21)19-7-4-13(10-19)22-15-9-17-5-6-18-15/h2-3,5-6,8-9,13H,4,7,10H2,1H3. The molecule has 2 heterocycles. The van der Waals surface area contributed by atoms with Crippen molar-refractivity contribution in [3.05, 3.63) is 47.4 Å². The Morgan fingerprint density at radius 3 is 2.91 bits per heavy atom. The van der Waals surface area contributed by atoms with Crippen LogP contribution in [0.1, 0.15) is 12.0 Å². The normalized spacial score (nSPS) is 19.0. The highest BCUT2D eigenvalue weighted by Gasteiger charge is 2.34. The van der Waals surface area contributed by atoms with Crippen LogP contribution in [0.4, 0.5) is 0 Å². The van der Waals surface area contributed by atoms with E-state index >= 15 is 0 Å². The lowest BCUT2D eigenvalue weighted by Crippen LogP contribution is -2.31. The summed E-state index contributed by atoms with van der Waals surface area (Å²) < 4.78 is 32.7. The fourth-order valence-electron chi connectivity index (χ4n) is 2.52. The van der Waals surface area contributed by atoms with Crippen LogP contribution in [-0.2, 0) is 10.0 Å². The Kier molecular flexibility index (Phi) is 4.52. The molecular formula is C15H16ClN3O3S. The average molecular weight is 354 g/mol. The lowest BCUT2D eigenvalue weighted by atomic mass is 10.2. The van der Waals surface area contributed by atoms with Crippen molar-refractivity contribution in [3.63, 3.8) is 0 Å². The summed E-state index contributed by atoms with van der Waals surface area (Å²) in [4.78, 5) is 8.21. The van der Waals surface area contributed by atoms with Crippen molar-refractivity contribution in [2.24, 2.45) is 0 Å². The van der Waals surface area contributed by atoms with E-state index in [2.05, 4.69) is 9.97 Å². The third-order valence-electron chi connectivity index (χ3n) is 3.70. The second kappa shape index (κ2) is 6.43. The van der Waals surface area contributed by atoms with Crippen LogP contribution >= 0.6 is 11.6 Å². The van der Waals surface area contributed by atoms with Crippen LogP contribution in [0, 0.1) is 6.92 Å². The van der Waals surface area contributed by atoms with E-state index in [1.54, 1.807) is 25.3 Å². The molecule has 1 unspecified atom stereocenters. The van der Waals surface area contributed by atoms with Crippen LogP contribution in [0.2, 0.25) is 5.02 Å². The molecular weight excluding hydrogens is 338 g/mol. The fraction of sp³-hybridized carbons (Fsp3) is 0.333. The summed E-state index contributed by atoms with van der Waals surface area (Å²) in [6.45, 7) is 2.44.